The molecule has 0 spiro atoms. The summed E-state index contributed by atoms with van der Waals surface area (Å²) in [6.07, 6.45) is -4.89. The molecule has 13 heteroatoms. The van der Waals surface area contributed by atoms with E-state index in [0.717, 1.165) is 4.90 Å². The molecule has 0 atom stereocenters. The number of benzene rings is 2. The SMILES string of the molecule is O=C(NC(=S)Nc1ccc(N2CCN(C(=O)C(F)(F)F)CC2)c(Cl)c1)c1ccc2c(c1)OCO2. The van der Waals surface area contributed by atoms with Gasteiger partial charge >= 0.3 is 12.1 Å². The molecule has 0 bridgehead atoms. The minimum absolute atomic E-state index is 0.0470. The third-order valence-electron chi connectivity index (χ3n) is 5.22. The van der Waals surface area contributed by atoms with Crippen molar-refractivity contribution < 1.29 is 32.2 Å². The van der Waals surface area contributed by atoms with Crippen LogP contribution < -0.4 is 25.0 Å². The molecule has 180 valence electrons. The van der Waals surface area contributed by atoms with Gasteiger partial charge in [0.2, 0.25) is 6.79 Å². The van der Waals surface area contributed by atoms with Gasteiger partial charge < -0.3 is 24.6 Å². The van der Waals surface area contributed by atoms with E-state index in [4.69, 9.17) is 33.3 Å². The highest BCUT2D eigenvalue weighted by molar-refractivity contribution is 7.80. The number of anilines is 2. The Labute approximate surface area is 202 Å². The van der Waals surface area contributed by atoms with Crippen LogP contribution in [-0.4, -0.2) is 61.0 Å². The van der Waals surface area contributed by atoms with Crippen LogP contribution in [0.5, 0.6) is 11.5 Å². The first-order chi connectivity index (χ1) is 16.1. The Hall–Kier alpha value is -3.25. The van der Waals surface area contributed by atoms with Crippen LogP contribution in [0, 0.1) is 0 Å². The number of nitrogens with zero attached hydrogens (tertiary/aromatic N) is 2. The number of hydrogen-bond acceptors (Lipinski definition) is 6. The summed E-state index contributed by atoms with van der Waals surface area (Å²) in [5, 5.41) is 5.82. The lowest BCUT2D eigenvalue weighted by Crippen LogP contribution is -2.52. The number of carbonyl (C=O) groups is 2. The molecule has 2 amide bonds. The zero-order chi connectivity index (χ0) is 24.5. The van der Waals surface area contributed by atoms with E-state index >= 15 is 0 Å². The van der Waals surface area contributed by atoms with E-state index in [1.807, 2.05) is 0 Å². The van der Waals surface area contributed by atoms with Gasteiger partial charge in [-0.05, 0) is 48.6 Å². The van der Waals surface area contributed by atoms with E-state index in [2.05, 4.69) is 10.6 Å². The lowest BCUT2D eigenvalue weighted by molar-refractivity contribution is -0.185. The summed E-state index contributed by atoms with van der Waals surface area (Å²) in [7, 11) is 0. The number of piperazine rings is 1. The first kappa shape index (κ1) is 23.9. The van der Waals surface area contributed by atoms with Crippen LogP contribution in [0.3, 0.4) is 0 Å². The molecule has 34 heavy (non-hydrogen) atoms. The highest BCUT2D eigenvalue weighted by Crippen LogP contribution is 2.33. The molecule has 2 aliphatic rings. The van der Waals surface area contributed by atoms with Crippen LogP contribution >= 0.6 is 23.8 Å². The van der Waals surface area contributed by atoms with Crippen LogP contribution in [0.25, 0.3) is 0 Å². The second kappa shape index (κ2) is 9.55. The first-order valence-electron chi connectivity index (χ1n) is 10.0. The molecule has 2 aromatic carbocycles. The monoisotopic (exact) mass is 514 g/mol. The Bertz CT molecular complexity index is 1140. The largest absolute Gasteiger partial charge is 0.471 e. The fourth-order valence-corrected chi connectivity index (χ4v) is 4.06. The molecule has 1 saturated heterocycles. The average Bonchev–Trinajstić information content (AvgIpc) is 3.26. The minimum Gasteiger partial charge on any atom is -0.454 e. The van der Waals surface area contributed by atoms with Crippen molar-refractivity contribution in [3.8, 4) is 11.5 Å². The number of ether oxygens (including phenoxy) is 2. The Morgan fingerprint density at radius 3 is 2.38 bits per heavy atom. The first-order valence-corrected chi connectivity index (χ1v) is 10.8. The van der Waals surface area contributed by atoms with E-state index in [9.17, 15) is 22.8 Å². The molecule has 2 aliphatic heterocycles. The molecule has 1 fully saturated rings. The summed E-state index contributed by atoms with van der Waals surface area (Å²) in [5.74, 6) is -1.25. The second-order valence-electron chi connectivity index (χ2n) is 7.42. The molecule has 2 aromatic rings. The molecule has 2 N–H and O–H groups in total. The van der Waals surface area contributed by atoms with Gasteiger partial charge in [-0.15, -0.1) is 0 Å². The van der Waals surface area contributed by atoms with E-state index < -0.39 is 18.0 Å². The van der Waals surface area contributed by atoms with Crippen molar-refractivity contribution in [3.63, 3.8) is 0 Å². The molecule has 0 saturated carbocycles. The summed E-state index contributed by atoms with van der Waals surface area (Å²) < 4.78 is 48.3. The summed E-state index contributed by atoms with van der Waals surface area (Å²) in [5.41, 5.74) is 1.46. The predicted molar refractivity (Wildman–Crippen MR) is 123 cm³/mol. The minimum atomic E-state index is -4.89. The average molecular weight is 515 g/mol. The highest BCUT2D eigenvalue weighted by atomic mass is 35.5. The Kier molecular flexibility index (Phi) is 6.71. The number of carbonyl (C=O) groups excluding carboxylic acids is 2. The summed E-state index contributed by atoms with van der Waals surface area (Å²) in [4.78, 5) is 26.4. The lowest BCUT2D eigenvalue weighted by Gasteiger charge is -2.36. The maximum atomic E-state index is 12.6. The van der Waals surface area contributed by atoms with Gasteiger partial charge in [-0.25, -0.2) is 0 Å². The summed E-state index contributed by atoms with van der Waals surface area (Å²) in [6, 6.07) is 9.71. The number of amides is 2. The quantitative estimate of drug-likeness (QED) is 0.607. The molecule has 0 unspecified atom stereocenters. The molecule has 4 rings (SSSR count). The molecule has 2 heterocycles. The summed E-state index contributed by atoms with van der Waals surface area (Å²) in [6.45, 7) is 0.379. The van der Waals surface area contributed by atoms with Crippen molar-refractivity contribution >= 4 is 52.1 Å². The van der Waals surface area contributed by atoms with Crippen LogP contribution in [-0.2, 0) is 4.79 Å². The van der Waals surface area contributed by atoms with E-state index in [1.165, 1.54) is 0 Å². The van der Waals surface area contributed by atoms with Gasteiger partial charge in [0.05, 0.1) is 10.7 Å². The van der Waals surface area contributed by atoms with E-state index in [-0.39, 0.29) is 38.1 Å². The Balaban J connectivity index is 1.33. The van der Waals surface area contributed by atoms with Gasteiger partial charge in [0.25, 0.3) is 5.91 Å². The lowest BCUT2D eigenvalue weighted by atomic mass is 10.2. The number of nitrogens with one attached hydrogen (secondary N) is 2. The van der Waals surface area contributed by atoms with Gasteiger partial charge in [0, 0.05) is 37.4 Å². The van der Waals surface area contributed by atoms with Gasteiger partial charge in [-0.1, -0.05) is 11.6 Å². The zero-order valence-corrected chi connectivity index (χ0v) is 19.0. The molecule has 8 nitrogen and oxygen atoms in total. The number of hydrogen-bond donors (Lipinski definition) is 2. The second-order valence-corrected chi connectivity index (χ2v) is 8.23. The Morgan fingerprint density at radius 2 is 1.71 bits per heavy atom. The van der Waals surface area contributed by atoms with Gasteiger partial charge in [-0.3, -0.25) is 14.9 Å². The third-order valence-corrected chi connectivity index (χ3v) is 5.72. The van der Waals surface area contributed by atoms with Crippen LogP contribution in [0.4, 0.5) is 24.5 Å². The molecular formula is C21H18ClF3N4O4S. The smallest absolute Gasteiger partial charge is 0.454 e. The van der Waals surface area contributed by atoms with Crippen molar-refractivity contribution in [2.24, 2.45) is 0 Å². The molecule has 0 radical (unpaired) electrons. The van der Waals surface area contributed by atoms with Gasteiger partial charge in [0.15, 0.2) is 16.6 Å². The number of halogens is 4. The number of thiocarbonyl (C=S) groups is 1. The molecule has 0 aliphatic carbocycles. The van der Waals surface area contributed by atoms with Crippen LogP contribution in [0.15, 0.2) is 36.4 Å². The standard InChI is InChI=1S/C21H18ClF3N4O4S/c22-14-10-13(2-3-15(14)28-5-7-29(8-6-28)19(31)21(23,24)25)26-20(34)27-18(30)12-1-4-16-17(9-12)33-11-32-16/h1-4,9-10H,5-8,11H2,(H2,26,27,30,34). The normalized spacial score (nSPS) is 15.2. The number of alkyl halides is 3. The Morgan fingerprint density at radius 1 is 1.00 bits per heavy atom. The molecular weight excluding hydrogens is 497 g/mol. The van der Waals surface area contributed by atoms with Gasteiger partial charge in [0.1, 0.15) is 0 Å². The summed E-state index contributed by atoms with van der Waals surface area (Å²) >= 11 is 11.6. The fraction of sp³-hybridized carbons (Fsp3) is 0.286. The zero-order valence-electron chi connectivity index (χ0n) is 17.4. The van der Waals surface area contributed by atoms with Crippen molar-refractivity contribution in [2.75, 3.05) is 43.2 Å². The number of rotatable bonds is 3. The van der Waals surface area contributed by atoms with Crippen molar-refractivity contribution in [1.29, 1.82) is 0 Å². The van der Waals surface area contributed by atoms with E-state index in [1.54, 1.807) is 41.3 Å². The fourth-order valence-electron chi connectivity index (χ4n) is 3.55. The maximum absolute atomic E-state index is 12.6. The van der Waals surface area contributed by atoms with Gasteiger partial charge in [-0.2, -0.15) is 13.2 Å². The van der Waals surface area contributed by atoms with E-state index in [0.29, 0.717) is 33.5 Å². The van der Waals surface area contributed by atoms with Crippen molar-refractivity contribution in [1.82, 2.24) is 10.2 Å². The van der Waals surface area contributed by atoms with Crippen LogP contribution in [0.1, 0.15) is 10.4 Å². The highest BCUT2D eigenvalue weighted by Gasteiger charge is 2.43. The predicted octanol–water partition coefficient (Wildman–Crippen LogP) is 3.41. The van der Waals surface area contributed by atoms with Crippen molar-refractivity contribution in [2.45, 2.75) is 6.18 Å². The maximum Gasteiger partial charge on any atom is 0.471 e. The third kappa shape index (κ3) is 5.28. The molecule has 0 aromatic heterocycles. The number of fused-ring (bicyclic) bond motifs is 1. The van der Waals surface area contributed by atoms with Crippen LogP contribution in [0.2, 0.25) is 5.02 Å². The van der Waals surface area contributed by atoms with Crippen molar-refractivity contribution in [3.05, 3.63) is 47.0 Å². The topological polar surface area (TPSA) is 83.1 Å².